The fourth-order valence-corrected chi connectivity index (χ4v) is 5.44. The van der Waals surface area contributed by atoms with E-state index < -0.39 is 0 Å². The molecule has 3 heterocycles. The van der Waals surface area contributed by atoms with Crippen LogP contribution in [0.1, 0.15) is 31.7 Å². The zero-order chi connectivity index (χ0) is 24.2. The summed E-state index contributed by atoms with van der Waals surface area (Å²) in [7, 11) is 0. The number of benzene rings is 2. The summed E-state index contributed by atoms with van der Waals surface area (Å²) in [6.07, 6.45) is 6.83. The van der Waals surface area contributed by atoms with Gasteiger partial charge in [0.1, 0.15) is 15.8 Å². The maximum absolute atomic E-state index is 13.3. The van der Waals surface area contributed by atoms with Gasteiger partial charge in [-0.2, -0.15) is 5.10 Å². The molecule has 1 amide bonds. The number of nitrogens with zero attached hydrogens (tertiary/aromatic N) is 3. The molecule has 35 heavy (non-hydrogen) atoms. The van der Waals surface area contributed by atoms with Crippen LogP contribution in [0.15, 0.2) is 65.7 Å². The van der Waals surface area contributed by atoms with Crippen molar-refractivity contribution in [1.29, 1.82) is 0 Å². The number of hydrogen-bond donors (Lipinski definition) is 0. The maximum atomic E-state index is 13.3. The Kier molecular flexibility index (Phi) is 7.32. The molecule has 0 radical (unpaired) electrons. The zero-order valence-electron chi connectivity index (χ0n) is 19.6. The summed E-state index contributed by atoms with van der Waals surface area (Å²) in [5, 5.41) is 4.89. The fraction of sp³-hybridized carbons (Fsp3) is 0.296. The molecule has 2 aliphatic rings. The number of rotatable bonds is 8. The molecule has 0 bridgehead atoms. The van der Waals surface area contributed by atoms with Gasteiger partial charge in [-0.1, -0.05) is 61.2 Å². The van der Waals surface area contributed by atoms with E-state index in [0.717, 1.165) is 54.1 Å². The van der Waals surface area contributed by atoms with Crippen LogP contribution < -0.4 is 4.74 Å². The summed E-state index contributed by atoms with van der Waals surface area (Å²) in [5.41, 5.74) is 3.49. The molecule has 2 fully saturated rings. The highest BCUT2D eigenvalue weighted by atomic mass is 32.2. The van der Waals surface area contributed by atoms with Crippen molar-refractivity contribution in [2.45, 2.75) is 32.3 Å². The third kappa shape index (κ3) is 5.34. The first kappa shape index (κ1) is 23.8. The molecule has 1 unspecified atom stereocenters. The van der Waals surface area contributed by atoms with Crippen molar-refractivity contribution in [2.75, 3.05) is 19.8 Å². The molecule has 0 N–H and O–H groups in total. The monoisotopic (exact) mass is 505 g/mol. The second kappa shape index (κ2) is 10.8. The lowest BCUT2D eigenvalue weighted by molar-refractivity contribution is -0.123. The van der Waals surface area contributed by atoms with Crippen molar-refractivity contribution in [3.63, 3.8) is 0 Å². The number of para-hydroxylation sites is 1. The van der Waals surface area contributed by atoms with Crippen molar-refractivity contribution in [3.05, 3.63) is 71.3 Å². The van der Waals surface area contributed by atoms with Crippen LogP contribution in [-0.4, -0.2) is 50.8 Å². The summed E-state index contributed by atoms with van der Waals surface area (Å²) in [5.74, 6) is 0.724. The highest BCUT2D eigenvalue weighted by Gasteiger charge is 2.35. The van der Waals surface area contributed by atoms with Gasteiger partial charge >= 0.3 is 0 Å². The summed E-state index contributed by atoms with van der Waals surface area (Å²) < 4.78 is 14.0. The molecule has 5 rings (SSSR count). The number of ether oxygens (including phenoxy) is 2. The van der Waals surface area contributed by atoms with E-state index in [1.54, 1.807) is 4.90 Å². The van der Waals surface area contributed by atoms with Crippen molar-refractivity contribution in [2.24, 2.45) is 0 Å². The largest absolute Gasteiger partial charge is 0.494 e. The molecule has 6 nitrogen and oxygen atoms in total. The minimum absolute atomic E-state index is 0.0547. The minimum Gasteiger partial charge on any atom is -0.494 e. The van der Waals surface area contributed by atoms with E-state index in [2.05, 4.69) is 6.92 Å². The van der Waals surface area contributed by atoms with Crippen molar-refractivity contribution in [1.82, 2.24) is 14.7 Å². The van der Waals surface area contributed by atoms with Gasteiger partial charge in [0.2, 0.25) is 0 Å². The number of carbonyl (C=O) groups is 1. The Morgan fingerprint density at radius 3 is 2.86 bits per heavy atom. The van der Waals surface area contributed by atoms with E-state index in [1.807, 2.05) is 71.6 Å². The second-order valence-electron chi connectivity index (χ2n) is 8.52. The Morgan fingerprint density at radius 2 is 2.09 bits per heavy atom. The third-order valence-corrected chi connectivity index (χ3v) is 7.29. The highest BCUT2D eigenvalue weighted by molar-refractivity contribution is 8.26. The molecule has 2 aromatic carbocycles. The second-order valence-corrected chi connectivity index (χ2v) is 10.2. The van der Waals surface area contributed by atoms with Crippen LogP contribution in [0.2, 0.25) is 0 Å². The third-order valence-electron chi connectivity index (χ3n) is 5.91. The van der Waals surface area contributed by atoms with Crippen LogP contribution in [-0.2, 0) is 9.53 Å². The van der Waals surface area contributed by atoms with E-state index in [9.17, 15) is 4.79 Å². The first-order chi connectivity index (χ1) is 17.1. The summed E-state index contributed by atoms with van der Waals surface area (Å²) in [6.45, 7) is 3.99. The average molecular weight is 506 g/mol. The van der Waals surface area contributed by atoms with Crippen LogP contribution in [0.25, 0.3) is 23.0 Å². The number of hydrogen-bond acceptors (Lipinski definition) is 6. The van der Waals surface area contributed by atoms with Crippen LogP contribution in [0.5, 0.6) is 5.75 Å². The molecular formula is C27H27N3O3S2. The van der Waals surface area contributed by atoms with Gasteiger partial charge in [-0.15, -0.1) is 0 Å². The Labute approximate surface area is 214 Å². The molecule has 0 aliphatic carbocycles. The predicted octanol–water partition coefficient (Wildman–Crippen LogP) is 5.71. The van der Waals surface area contributed by atoms with Gasteiger partial charge in [-0.25, -0.2) is 4.68 Å². The number of thiocarbonyl (C=S) groups is 1. The Bertz CT molecular complexity index is 1250. The number of aromatic nitrogens is 2. The number of amides is 1. The van der Waals surface area contributed by atoms with Crippen LogP contribution in [0.4, 0.5) is 0 Å². The highest BCUT2D eigenvalue weighted by Crippen LogP contribution is 2.36. The molecule has 2 aliphatic heterocycles. The normalized spacial score (nSPS) is 19.2. The predicted molar refractivity (Wildman–Crippen MR) is 144 cm³/mol. The van der Waals surface area contributed by atoms with E-state index in [0.29, 0.717) is 22.4 Å². The van der Waals surface area contributed by atoms with Gasteiger partial charge in [0, 0.05) is 23.9 Å². The van der Waals surface area contributed by atoms with Crippen molar-refractivity contribution in [3.8, 4) is 22.7 Å². The summed E-state index contributed by atoms with van der Waals surface area (Å²) in [4.78, 5) is 15.5. The van der Waals surface area contributed by atoms with Crippen molar-refractivity contribution < 1.29 is 14.3 Å². The van der Waals surface area contributed by atoms with E-state index in [1.165, 1.54) is 11.8 Å². The topological polar surface area (TPSA) is 56.6 Å². The van der Waals surface area contributed by atoms with Gasteiger partial charge in [-0.3, -0.25) is 9.69 Å². The van der Waals surface area contributed by atoms with Gasteiger partial charge in [0.05, 0.1) is 29.8 Å². The molecular weight excluding hydrogens is 478 g/mol. The fourth-order valence-electron chi connectivity index (χ4n) is 4.17. The van der Waals surface area contributed by atoms with E-state index >= 15 is 0 Å². The summed E-state index contributed by atoms with van der Waals surface area (Å²) >= 11 is 6.88. The smallest absolute Gasteiger partial charge is 0.266 e. The average Bonchev–Trinajstić information content (AvgIpc) is 3.61. The molecule has 0 saturated carbocycles. The molecule has 1 atom stereocenters. The van der Waals surface area contributed by atoms with Gasteiger partial charge in [0.15, 0.2) is 0 Å². The number of carbonyl (C=O) groups excluding carboxylic acids is 1. The molecule has 1 aromatic heterocycles. The van der Waals surface area contributed by atoms with Gasteiger partial charge in [-0.05, 0) is 49.6 Å². The molecule has 2 saturated heterocycles. The molecule has 8 heteroatoms. The SMILES string of the molecule is CCCOc1cccc(-c2nn(-c3ccccc3)cc2/C=C2\SC(=S)N(CC3CCCO3)C2=O)c1. The van der Waals surface area contributed by atoms with E-state index in [-0.39, 0.29) is 12.0 Å². The first-order valence-corrected chi connectivity index (χ1v) is 13.1. The zero-order valence-corrected chi connectivity index (χ0v) is 21.2. The lowest BCUT2D eigenvalue weighted by Crippen LogP contribution is -2.35. The Hall–Kier alpha value is -2.94. The first-order valence-electron chi connectivity index (χ1n) is 11.9. The van der Waals surface area contributed by atoms with E-state index in [4.69, 9.17) is 26.8 Å². The van der Waals surface area contributed by atoms with Crippen LogP contribution >= 0.6 is 24.0 Å². The molecule has 3 aromatic rings. The molecule has 180 valence electrons. The van der Waals surface area contributed by atoms with Crippen LogP contribution in [0, 0.1) is 0 Å². The lowest BCUT2D eigenvalue weighted by Gasteiger charge is -2.18. The summed E-state index contributed by atoms with van der Waals surface area (Å²) in [6, 6.07) is 17.9. The van der Waals surface area contributed by atoms with Gasteiger partial charge in [0.25, 0.3) is 5.91 Å². The maximum Gasteiger partial charge on any atom is 0.266 e. The quantitative estimate of drug-likeness (QED) is 0.289. The minimum atomic E-state index is -0.0751. The number of thioether (sulfide) groups is 1. The van der Waals surface area contributed by atoms with Crippen LogP contribution in [0.3, 0.4) is 0 Å². The standard InChI is InChI=1S/C27H27N3O3S2/c1-2-13-32-22-11-6-8-19(15-22)25-20(17-30(28-25)21-9-4-3-5-10-21)16-24-26(31)29(27(34)35-24)18-23-12-7-14-33-23/h3-6,8-11,15-17,23H,2,7,12-14,18H2,1H3/b24-16-. The lowest BCUT2D eigenvalue weighted by atomic mass is 10.1. The Balaban J connectivity index is 1.50. The Morgan fingerprint density at radius 1 is 1.23 bits per heavy atom. The van der Waals surface area contributed by atoms with Gasteiger partial charge < -0.3 is 9.47 Å². The molecule has 0 spiro atoms. The van der Waals surface area contributed by atoms with Crippen molar-refractivity contribution >= 4 is 40.3 Å².